The second-order valence-corrected chi connectivity index (χ2v) is 6.10. The average Bonchev–Trinajstić information content (AvgIpc) is 3.25. The van der Waals surface area contributed by atoms with E-state index in [1.807, 2.05) is 31.2 Å². The molecule has 0 radical (unpaired) electrons. The standard InChI is InChI=1S/C17H17N3O3/c1-11-4-6-12(7-5-11)14-9-13(23-18-14)10-20-16(21)15-3-2-8-19(15)17(20)22/h4-7,9,15H,2-3,8,10H2,1H3. The molecule has 2 aliphatic heterocycles. The van der Waals surface area contributed by atoms with Crippen LogP contribution in [0, 0.1) is 6.92 Å². The zero-order chi connectivity index (χ0) is 16.0. The van der Waals surface area contributed by atoms with Crippen LogP contribution < -0.4 is 0 Å². The SMILES string of the molecule is Cc1ccc(-c2cc(CN3C(=O)C4CCCN4C3=O)on2)cc1. The van der Waals surface area contributed by atoms with E-state index in [-0.39, 0.29) is 24.5 Å². The Kier molecular flexibility index (Phi) is 3.18. The van der Waals surface area contributed by atoms with Gasteiger partial charge in [0.25, 0.3) is 5.91 Å². The Bertz CT molecular complexity index is 744. The molecule has 2 aliphatic rings. The van der Waals surface area contributed by atoms with E-state index in [1.165, 1.54) is 10.5 Å². The van der Waals surface area contributed by atoms with E-state index < -0.39 is 0 Å². The fraction of sp³-hybridized carbons (Fsp3) is 0.353. The van der Waals surface area contributed by atoms with Crippen molar-refractivity contribution in [1.29, 1.82) is 0 Å². The molecule has 6 heteroatoms. The highest BCUT2D eigenvalue weighted by Crippen LogP contribution is 2.29. The van der Waals surface area contributed by atoms with E-state index in [0.29, 0.717) is 18.0 Å². The van der Waals surface area contributed by atoms with Crippen LogP contribution >= 0.6 is 0 Å². The van der Waals surface area contributed by atoms with Gasteiger partial charge in [0.05, 0.1) is 6.54 Å². The number of fused-ring (bicyclic) bond motifs is 1. The highest BCUT2D eigenvalue weighted by molar-refractivity contribution is 6.04. The molecule has 6 nitrogen and oxygen atoms in total. The minimum Gasteiger partial charge on any atom is -0.359 e. The minimum absolute atomic E-state index is 0.124. The maximum Gasteiger partial charge on any atom is 0.327 e. The van der Waals surface area contributed by atoms with Crippen molar-refractivity contribution in [3.05, 3.63) is 41.7 Å². The molecular weight excluding hydrogens is 294 g/mol. The van der Waals surface area contributed by atoms with E-state index in [2.05, 4.69) is 5.16 Å². The third-order valence-corrected chi connectivity index (χ3v) is 4.50. The van der Waals surface area contributed by atoms with Gasteiger partial charge >= 0.3 is 6.03 Å². The number of carbonyl (C=O) groups excluding carboxylic acids is 2. The lowest BCUT2D eigenvalue weighted by molar-refractivity contribution is -0.128. The van der Waals surface area contributed by atoms with Crippen LogP contribution in [0.3, 0.4) is 0 Å². The molecule has 1 aromatic heterocycles. The van der Waals surface area contributed by atoms with Crippen LogP contribution in [0.25, 0.3) is 11.3 Å². The highest BCUT2D eigenvalue weighted by Gasteiger charge is 2.47. The molecule has 1 unspecified atom stereocenters. The molecule has 1 aromatic carbocycles. The van der Waals surface area contributed by atoms with E-state index in [1.54, 1.807) is 11.0 Å². The van der Waals surface area contributed by atoms with Gasteiger partial charge in [-0.1, -0.05) is 35.0 Å². The first-order valence-corrected chi connectivity index (χ1v) is 7.78. The third-order valence-electron chi connectivity index (χ3n) is 4.50. The Morgan fingerprint density at radius 1 is 1.26 bits per heavy atom. The Labute approximate surface area is 133 Å². The lowest BCUT2D eigenvalue weighted by Gasteiger charge is -2.13. The summed E-state index contributed by atoms with van der Waals surface area (Å²) < 4.78 is 5.32. The number of hydrogen-bond acceptors (Lipinski definition) is 4. The van der Waals surface area contributed by atoms with Gasteiger partial charge in [0, 0.05) is 18.2 Å². The van der Waals surface area contributed by atoms with Crippen molar-refractivity contribution in [2.24, 2.45) is 0 Å². The number of hydrogen-bond donors (Lipinski definition) is 0. The largest absolute Gasteiger partial charge is 0.359 e. The zero-order valence-corrected chi connectivity index (χ0v) is 12.9. The summed E-state index contributed by atoms with van der Waals surface area (Å²) in [6.45, 7) is 2.83. The number of rotatable bonds is 3. The molecule has 2 fully saturated rings. The van der Waals surface area contributed by atoms with Crippen molar-refractivity contribution in [2.45, 2.75) is 32.4 Å². The molecular formula is C17H17N3O3. The number of benzene rings is 1. The zero-order valence-electron chi connectivity index (χ0n) is 12.9. The molecule has 0 N–H and O–H groups in total. The van der Waals surface area contributed by atoms with Crippen LogP contribution in [-0.4, -0.2) is 39.5 Å². The van der Waals surface area contributed by atoms with Crippen LogP contribution in [0.4, 0.5) is 4.79 Å². The maximum absolute atomic E-state index is 12.3. The number of amides is 3. The van der Waals surface area contributed by atoms with Gasteiger partial charge in [-0.15, -0.1) is 0 Å². The molecule has 0 saturated carbocycles. The van der Waals surface area contributed by atoms with E-state index >= 15 is 0 Å². The fourth-order valence-corrected chi connectivity index (χ4v) is 3.23. The summed E-state index contributed by atoms with van der Waals surface area (Å²) in [6, 6.07) is 9.25. The Morgan fingerprint density at radius 2 is 2.04 bits per heavy atom. The summed E-state index contributed by atoms with van der Waals surface area (Å²) in [5.41, 5.74) is 2.83. The predicted molar refractivity (Wildman–Crippen MR) is 82.4 cm³/mol. The van der Waals surface area contributed by atoms with E-state index in [9.17, 15) is 9.59 Å². The van der Waals surface area contributed by atoms with Crippen LogP contribution in [0.2, 0.25) is 0 Å². The van der Waals surface area contributed by atoms with Crippen molar-refractivity contribution >= 4 is 11.9 Å². The van der Waals surface area contributed by atoms with E-state index in [0.717, 1.165) is 18.4 Å². The lowest BCUT2D eigenvalue weighted by atomic mass is 10.1. The molecule has 4 rings (SSSR count). The second kappa shape index (κ2) is 5.22. The van der Waals surface area contributed by atoms with Crippen molar-refractivity contribution in [3.63, 3.8) is 0 Å². The van der Waals surface area contributed by atoms with Gasteiger partial charge in [0.2, 0.25) is 0 Å². The maximum atomic E-state index is 12.3. The van der Waals surface area contributed by atoms with Gasteiger partial charge in [0.1, 0.15) is 11.7 Å². The van der Waals surface area contributed by atoms with Gasteiger partial charge in [0.15, 0.2) is 5.76 Å². The van der Waals surface area contributed by atoms with Gasteiger partial charge < -0.3 is 9.42 Å². The number of imide groups is 1. The number of nitrogens with zero attached hydrogens (tertiary/aromatic N) is 3. The van der Waals surface area contributed by atoms with Crippen LogP contribution in [0.1, 0.15) is 24.2 Å². The third kappa shape index (κ3) is 2.30. The average molecular weight is 311 g/mol. The Morgan fingerprint density at radius 3 is 2.78 bits per heavy atom. The van der Waals surface area contributed by atoms with E-state index in [4.69, 9.17) is 4.52 Å². The summed E-state index contributed by atoms with van der Waals surface area (Å²) in [5, 5.41) is 4.04. The summed E-state index contributed by atoms with van der Waals surface area (Å²) in [4.78, 5) is 27.5. The molecule has 0 spiro atoms. The smallest absolute Gasteiger partial charge is 0.327 e. The molecule has 3 amide bonds. The summed E-state index contributed by atoms with van der Waals surface area (Å²) in [7, 11) is 0. The Balaban J connectivity index is 1.53. The first kappa shape index (κ1) is 14.0. The van der Waals surface area contributed by atoms with Gasteiger partial charge in [-0.25, -0.2) is 4.79 Å². The fourth-order valence-electron chi connectivity index (χ4n) is 3.23. The van der Waals surface area contributed by atoms with Gasteiger partial charge in [-0.05, 0) is 19.8 Å². The summed E-state index contributed by atoms with van der Waals surface area (Å²) in [6.07, 6.45) is 1.65. The second-order valence-electron chi connectivity index (χ2n) is 6.10. The monoisotopic (exact) mass is 311 g/mol. The van der Waals surface area contributed by atoms with Crippen molar-refractivity contribution in [2.75, 3.05) is 6.54 Å². The number of urea groups is 1. The summed E-state index contributed by atoms with van der Waals surface area (Å²) in [5.74, 6) is 0.393. The predicted octanol–water partition coefficient (Wildman–Crippen LogP) is 2.58. The quantitative estimate of drug-likeness (QED) is 0.817. The minimum atomic E-state index is -0.276. The molecule has 3 heterocycles. The molecule has 1 atom stereocenters. The molecule has 0 aliphatic carbocycles. The van der Waals surface area contributed by atoms with Crippen molar-refractivity contribution < 1.29 is 14.1 Å². The number of carbonyl (C=O) groups is 2. The molecule has 23 heavy (non-hydrogen) atoms. The topological polar surface area (TPSA) is 66.7 Å². The molecule has 2 saturated heterocycles. The van der Waals surface area contributed by atoms with Crippen molar-refractivity contribution in [3.8, 4) is 11.3 Å². The highest BCUT2D eigenvalue weighted by atomic mass is 16.5. The molecule has 0 bridgehead atoms. The summed E-state index contributed by atoms with van der Waals surface area (Å²) >= 11 is 0. The van der Waals surface area contributed by atoms with Crippen LogP contribution in [0.15, 0.2) is 34.9 Å². The number of aromatic nitrogens is 1. The molecule has 118 valence electrons. The van der Waals surface area contributed by atoms with Crippen LogP contribution in [0.5, 0.6) is 0 Å². The first-order chi connectivity index (χ1) is 11.1. The van der Waals surface area contributed by atoms with Crippen LogP contribution in [-0.2, 0) is 11.3 Å². The van der Waals surface area contributed by atoms with Gasteiger partial charge in [-0.3, -0.25) is 9.69 Å². The van der Waals surface area contributed by atoms with Crippen molar-refractivity contribution in [1.82, 2.24) is 15.0 Å². The lowest BCUT2D eigenvalue weighted by Crippen LogP contribution is -2.32. The normalized spacial score (nSPS) is 20.5. The van der Waals surface area contributed by atoms with Gasteiger partial charge in [-0.2, -0.15) is 0 Å². The molecule has 2 aromatic rings. The Hall–Kier alpha value is -2.63. The number of aryl methyl sites for hydroxylation is 1. The first-order valence-electron chi connectivity index (χ1n) is 7.78.